The maximum Gasteiger partial charge on any atom is 0.410 e. The highest BCUT2D eigenvalue weighted by Gasteiger charge is 2.33. The van der Waals surface area contributed by atoms with E-state index in [0.29, 0.717) is 31.3 Å². The number of aryl methyl sites for hydroxylation is 1. The highest BCUT2D eigenvalue weighted by Crippen LogP contribution is 2.37. The van der Waals surface area contributed by atoms with Crippen molar-refractivity contribution in [3.05, 3.63) is 59.6 Å². The summed E-state index contributed by atoms with van der Waals surface area (Å²) in [5.41, 5.74) is 5.48. The van der Waals surface area contributed by atoms with Crippen LogP contribution in [0.5, 0.6) is 0 Å². The van der Waals surface area contributed by atoms with Crippen molar-refractivity contribution >= 4 is 34.5 Å². The first-order valence-corrected chi connectivity index (χ1v) is 15.7. The number of ether oxygens (including phenoxy) is 1. The maximum atomic E-state index is 12.7. The number of rotatable bonds is 6. The zero-order valence-electron chi connectivity index (χ0n) is 24.8. The molecule has 0 radical (unpaired) electrons. The molecule has 3 aromatic rings. The number of carbonyl (C=O) groups is 3. The minimum absolute atomic E-state index is 0.203. The monoisotopic (exact) mass is 584 g/mol. The van der Waals surface area contributed by atoms with Gasteiger partial charge < -0.3 is 19.1 Å². The number of benzene rings is 1. The van der Waals surface area contributed by atoms with Gasteiger partial charge in [-0.05, 0) is 74.7 Å². The Kier molecular flexibility index (Phi) is 7.55. The average molecular weight is 585 g/mol. The first-order valence-electron chi connectivity index (χ1n) is 15.7. The van der Waals surface area contributed by atoms with E-state index in [4.69, 9.17) is 9.84 Å². The predicted molar refractivity (Wildman–Crippen MR) is 162 cm³/mol. The predicted octanol–water partition coefficient (Wildman–Crippen LogP) is 4.02. The van der Waals surface area contributed by atoms with Gasteiger partial charge in [0.05, 0.1) is 22.8 Å². The van der Waals surface area contributed by atoms with Gasteiger partial charge in [-0.15, -0.1) is 0 Å². The summed E-state index contributed by atoms with van der Waals surface area (Å²) < 4.78 is 9.70. The second-order valence-electron chi connectivity index (χ2n) is 12.6. The number of piperidine rings is 3. The lowest BCUT2D eigenvalue weighted by molar-refractivity contribution is -0.134. The van der Waals surface area contributed by atoms with E-state index in [0.717, 1.165) is 87.1 Å². The molecule has 0 spiro atoms. The van der Waals surface area contributed by atoms with Crippen LogP contribution in [0.3, 0.4) is 0 Å². The minimum atomic E-state index is -0.385. The standard InChI is InChI=1S/C33H40N6O4/c1-36-31-26(5-2-6-27(31)30(35-36)28-9-10-29(40)34-32(28)41)23-13-16-37(17-14-23)20-22-11-18-38(19-12-22)33(42)43-21-25-8-7-24-4-3-15-39(24)25/h2-6,8,15,22-23,28H,7,9-14,16-21H2,1H3,(H,34,40,41). The van der Waals surface area contributed by atoms with Crippen molar-refractivity contribution in [3.63, 3.8) is 0 Å². The molecular weight excluding hydrogens is 544 g/mol. The van der Waals surface area contributed by atoms with Gasteiger partial charge in [0.2, 0.25) is 11.8 Å². The van der Waals surface area contributed by atoms with E-state index in [-0.39, 0.29) is 23.8 Å². The normalized spacial score (nSPS) is 22.1. The Morgan fingerprint density at radius 2 is 1.84 bits per heavy atom. The molecule has 3 amide bonds. The van der Waals surface area contributed by atoms with E-state index in [9.17, 15) is 14.4 Å². The van der Waals surface area contributed by atoms with E-state index < -0.39 is 0 Å². The Labute approximate surface area is 251 Å². The highest BCUT2D eigenvalue weighted by molar-refractivity contribution is 6.02. The number of hydrogen-bond donors (Lipinski definition) is 1. The number of fused-ring (bicyclic) bond motifs is 2. The Bertz CT molecular complexity index is 1570. The molecule has 0 saturated carbocycles. The van der Waals surface area contributed by atoms with Crippen molar-refractivity contribution in [3.8, 4) is 0 Å². The van der Waals surface area contributed by atoms with Crippen molar-refractivity contribution in [1.29, 1.82) is 0 Å². The maximum absolute atomic E-state index is 12.7. The van der Waals surface area contributed by atoms with Crippen LogP contribution in [0.15, 0.2) is 42.6 Å². The molecule has 6 heterocycles. The average Bonchev–Trinajstić information content (AvgIpc) is 3.72. The van der Waals surface area contributed by atoms with Gasteiger partial charge in [-0.25, -0.2) is 4.79 Å². The lowest BCUT2D eigenvalue weighted by Crippen LogP contribution is -2.43. The van der Waals surface area contributed by atoms with Gasteiger partial charge in [0.1, 0.15) is 6.61 Å². The Morgan fingerprint density at radius 3 is 2.63 bits per heavy atom. The number of carbonyl (C=O) groups excluding carboxylic acids is 3. The Morgan fingerprint density at radius 1 is 1.02 bits per heavy atom. The van der Waals surface area contributed by atoms with Crippen LogP contribution in [0, 0.1) is 5.92 Å². The van der Waals surface area contributed by atoms with E-state index in [2.05, 4.69) is 45.1 Å². The Hall–Kier alpha value is -3.92. The molecule has 4 aliphatic heterocycles. The fraction of sp³-hybridized carbons (Fsp3) is 0.515. The number of likely N-dealkylation sites (tertiary alicyclic amines) is 2. The molecule has 3 saturated heterocycles. The van der Waals surface area contributed by atoms with Crippen LogP contribution in [0.2, 0.25) is 0 Å². The molecule has 1 unspecified atom stereocenters. The number of amides is 3. The quantitative estimate of drug-likeness (QED) is 0.440. The number of para-hydroxylation sites is 1. The summed E-state index contributed by atoms with van der Waals surface area (Å²) >= 11 is 0. The fourth-order valence-corrected chi connectivity index (χ4v) is 7.56. The molecule has 0 aliphatic carbocycles. The van der Waals surface area contributed by atoms with E-state index in [1.807, 2.05) is 28.9 Å². The summed E-state index contributed by atoms with van der Waals surface area (Å²) in [6.07, 6.45) is 9.90. The highest BCUT2D eigenvalue weighted by atomic mass is 16.6. The molecule has 2 aromatic heterocycles. The summed E-state index contributed by atoms with van der Waals surface area (Å²) in [7, 11) is 1.96. The van der Waals surface area contributed by atoms with Crippen molar-refractivity contribution in [2.45, 2.75) is 56.8 Å². The van der Waals surface area contributed by atoms with Gasteiger partial charge in [-0.1, -0.05) is 24.3 Å². The number of imide groups is 1. The third-order valence-corrected chi connectivity index (χ3v) is 9.94. The van der Waals surface area contributed by atoms with Crippen molar-refractivity contribution < 1.29 is 19.1 Å². The topological polar surface area (TPSA) is 102 Å². The molecule has 4 aliphatic rings. The number of nitrogens with one attached hydrogen (secondary N) is 1. The second-order valence-corrected chi connectivity index (χ2v) is 12.6. The molecule has 3 fully saturated rings. The van der Waals surface area contributed by atoms with Crippen LogP contribution < -0.4 is 5.32 Å². The number of hydrogen-bond acceptors (Lipinski definition) is 6. The molecule has 7 rings (SSSR count). The summed E-state index contributed by atoms with van der Waals surface area (Å²) in [5, 5.41) is 8.29. The minimum Gasteiger partial charge on any atom is -0.443 e. The van der Waals surface area contributed by atoms with E-state index in [1.165, 1.54) is 11.3 Å². The summed E-state index contributed by atoms with van der Waals surface area (Å²) in [6.45, 7) is 5.02. The number of allylic oxidation sites excluding steroid dienone is 1. The molecule has 10 heteroatoms. The molecular formula is C33H40N6O4. The Balaban J connectivity index is 0.904. The lowest BCUT2D eigenvalue weighted by Gasteiger charge is -2.37. The molecule has 226 valence electrons. The first-order chi connectivity index (χ1) is 20.9. The van der Waals surface area contributed by atoms with Crippen LogP contribution >= 0.6 is 0 Å². The lowest BCUT2D eigenvalue weighted by atomic mass is 9.86. The van der Waals surface area contributed by atoms with Crippen LogP contribution in [0.4, 0.5) is 4.79 Å². The fourth-order valence-electron chi connectivity index (χ4n) is 7.56. The largest absolute Gasteiger partial charge is 0.443 e. The van der Waals surface area contributed by atoms with Gasteiger partial charge in [0.25, 0.3) is 0 Å². The summed E-state index contributed by atoms with van der Waals surface area (Å²) in [5.74, 6) is 0.211. The van der Waals surface area contributed by atoms with Gasteiger partial charge in [-0.2, -0.15) is 5.10 Å². The number of nitrogens with zero attached hydrogens (tertiary/aromatic N) is 5. The van der Waals surface area contributed by atoms with E-state index in [1.54, 1.807) is 0 Å². The third-order valence-electron chi connectivity index (χ3n) is 9.94. The van der Waals surface area contributed by atoms with Crippen molar-refractivity contribution in [2.24, 2.45) is 13.0 Å². The second kappa shape index (κ2) is 11.6. The van der Waals surface area contributed by atoms with Crippen LogP contribution in [0.1, 0.15) is 67.3 Å². The SMILES string of the molecule is Cn1nc(C2CCC(=O)NC2=O)c2cccc(C3CCN(CC4CCN(C(=O)OCC5=CCc6cccn65)CC4)CC3)c21. The molecule has 0 bridgehead atoms. The van der Waals surface area contributed by atoms with Gasteiger partial charge in [0.15, 0.2) is 0 Å². The van der Waals surface area contributed by atoms with Gasteiger partial charge >= 0.3 is 6.09 Å². The first kappa shape index (κ1) is 27.9. The van der Waals surface area contributed by atoms with Crippen LogP contribution in [-0.4, -0.2) is 81.4 Å². The van der Waals surface area contributed by atoms with Gasteiger partial charge in [-0.3, -0.25) is 19.6 Å². The third kappa shape index (κ3) is 5.48. The molecule has 1 atom stereocenters. The van der Waals surface area contributed by atoms with Crippen molar-refractivity contribution in [2.75, 3.05) is 39.3 Å². The zero-order valence-corrected chi connectivity index (χ0v) is 24.8. The van der Waals surface area contributed by atoms with Gasteiger partial charge in [0, 0.05) is 56.8 Å². The van der Waals surface area contributed by atoms with E-state index >= 15 is 0 Å². The van der Waals surface area contributed by atoms with Crippen molar-refractivity contribution in [1.82, 2.24) is 29.5 Å². The smallest absolute Gasteiger partial charge is 0.410 e. The van der Waals surface area contributed by atoms with Crippen LogP contribution in [0.25, 0.3) is 16.6 Å². The molecule has 43 heavy (non-hydrogen) atoms. The van der Waals surface area contributed by atoms with Crippen LogP contribution in [-0.2, 0) is 27.8 Å². The molecule has 1 N–H and O–H groups in total. The summed E-state index contributed by atoms with van der Waals surface area (Å²) in [4.78, 5) is 41.5. The number of aromatic nitrogens is 3. The molecule has 10 nitrogen and oxygen atoms in total. The zero-order chi connectivity index (χ0) is 29.5. The molecule has 1 aromatic carbocycles. The summed E-state index contributed by atoms with van der Waals surface area (Å²) in [6, 6.07) is 10.5.